The van der Waals surface area contributed by atoms with Crippen LogP contribution in [0, 0.1) is 17.8 Å². The summed E-state index contributed by atoms with van der Waals surface area (Å²) >= 11 is 6.46. The van der Waals surface area contributed by atoms with Crippen LogP contribution in [0.4, 0.5) is 14.5 Å². The third-order valence-electron chi connectivity index (χ3n) is 12.9. The topological polar surface area (TPSA) is 82.1 Å². The van der Waals surface area contributed by atoms with Gasteiger partial charge in [-0.25, -0.2) is 13.0 Å². The number of aryl methyl sites for hydroxylation is 1. The molecule has 2 aromatic carbocycles. The fourth-order valence-corrected chi connectivity index (χ4v) is 11.2. The number of hydrogen-bond donors (Lipinski definition) is 2. The van der Waals surface area contributed by atoms with Gasteiger partial charge >= 0.3 is 0 Å². The van der Waals surface area contributed by atoms with Crippen LogP contribution in [0.15, 0.2) is 36.4 Å². The summed E-state index contributed by atoms with van der Waals surface area (Å²) in [6, 6.07) is 11.6. The Kier molecular flexibility index (Phi) is 9.74. The third-order valence-corrected chi connectivity index (χ3v) is 15.3. The average molecular weight is 732 g/mol. The molecule has 1 unspecified atom stereocenters. The lowest BCUT2D eigenvalue weighted by Gasteiger charge is -2.52. The Labute approximate surface area is 301 Å². The lowest BCUT2D eigenvalue weighted by Crippen LogP contribution is -2.58. The zero-order valence-corrected chi connectivity index (χ0v) is 31.0. The summed E-state index contributed by atoms with van der Waals surface area (Å²) in [7, 11) is -3.00. The number of carbonyl (C=O) groups is 1. The molecule has 7 atom stereocenters. The summed E-state index contributed by atoms with van der Waals surface area (Å²) in [5, 5.41) is 13.0. The first kappa shape index (κ1) is 36.0. The molecule has 7 nitrogen and oxygen atoms in total. The van der Waals surface area contributed by atoms with Crippen LogP contribution in [-0.4, -0.2) is 82.1 Å². The van der Waals surface area contributed by atoms with Crippen molar-refractivity contribution in [2.24, 2.45) is 17.8 Å². The molecule has 2 bridgehead atoms. The minimum atomic E-state index is -3.00. The lowest BCUT2D eigenvalue weighted by atomic mass is 9.62. The summed E-state index contributed by atoms with van der Waals surface area (Å²) in [6.45, 7) is 6.62. The number of hydrogen-bond acceptors (Lipinski definition) is 6. The molecule has 7 rings (SSSR count). The maximum Gasteiger partial charge on any atom is 0.262 e. The van der Waals surface area contributed by atoms with E-state index in [0.29, 0.717) is 56.8 Å². The van der Waals surface area contributed by atoms with Crippen molar-refractivity contribution in [2.75, 3.05) is 44.2 Å². The van der Waals surface area contributed by atoms with Crippen LogP contribution < -0.4 is 14.4 Å². The molecule has 274 valence electrons. The normalized spacial score (nSPS) is 36.3. The van der Waals surface area contributed by atoms with Crippen molar-refractivity contribution >= 4 is 38.8 Å². The number of piperidine rings is 1. The number of nitrogens with zero attached hydrogens (tertiary/aromatic N) is 2. The predicted molar refractivity (Wildman–Crippen MR) is 197 cm³/mol. The van der Waals surface area contributed by atoms with Crippen LogP contribution in [-0.2, 0) is 21.5 Å². The SMILES string of the molecule is C=S1(=O)NC(=O)c2ccc3c(c2)N(C[C@@H]2CC[C@H]2[C@@](O)(CN2CCC(F)(F)CC2)CCC[C@H](C)[C@H]1C)C[C@@]1(CCCc2cc(Cl)ccc21)CO3. The summed E-state index contributed by atoms with van der Waals surface area (Å²) in [5.74, 6) is 1.76. The molecular weight excluding hydrogens is 680 g/mol. The highest BCUT2D eigenvalue weighted by Crippen LogP contribution is 2.49. The Morgan fingerprint density at radius 1 is 1.06 bits per heavy atom. The van der Waals surface area contributed by atoms with Gasteiger partial charge in [-0.3, -0.25) is 9.52 Å². The number of alkyl halides is 2. The number of fused-ring (bicyclic) bond motifs is 4. The van der Waals surface area contributed by atoms with E-state index in [1.54, 1.807) is 6.07 Å². The zero-order chi connectivity index (χ0) is 35.5. The van der Waals surface area contributed by atoms with E-state index in [1.165, 1.54) is 11.1 Å². The standard InChI is InChI=1S/C39H52ClF2N3O4S/c1-26-6-4-15-38(47,24-44-18-16-39(41,42)17-19-44)33-11-8-30(33)22-45-23-37(14-5-7-28-20-31(40)10-12-32(28)37)25-49-35-13-9-29(21-34(35)45)36(46)43-50(3,48)27(26)2/h9-10,12-13,20-21,26-27,30,33,47H,3-8,11,14-19,22-25H2,1-2H3,(H,43,46,48)/t26-,27+,30-,33+,37-,38-,50?/m0/s1. The molecule has 5 aliphatic rings. The highest BCUT2D eigenvalue weighted by atomic mass is 35.5. The van der Waals surface area contributed by atoms with Gasteiger partial charge in [-0.1, -0.05) is 31.0 Å². The number of likely N-dealkylation sites (tertiary alicyclic amines) is 1. The summed E-state index contributed by atoms with van der Waals surface area (Å²) < 4.78 is 51.6. The minimum absolute atomic E-state index is 0.00450. The first-order valence-electron chi connectivity index (χ1n) is 18.5. The van der Waals surface area contributed by atoms with E-state index >= 15 is 0 Å². The van der Waals surface area contributed by atoms with Crippen LogP contribution in [0.3, 0.4) is 0 Å². The van der Waals surface area contributed by atoms with Gasteiger partial charge in [0.05, 0.1) is 27.6 Å². The van der Waals surface area contributed by atoms with Crippen LogP contribution >= 0.6 is 11.6 Å². The van der Waals surface area contributed by atoms with Crippen molar-refractivity contribution in [1.29, 1.82) is 0 Å². The fraction of sp³-hybridized carbons (Fsp3) is 0.641. The van der Waals surface area contributed by atoms with E-state index in [2.05, 4.69) is 27.6 Å². The molecule has 3 heterocycles. The molecule has 1 spiro atoms. The molecule has 0 aromatic heterocycles. The van der Waals surface area contributed by atoms with Gasteiger partial charge < -0.3 is 19.6 Å². The fourth-order valence-electron chi connectivity index (χ4n) is 9.49. The van der Waals surface area contributed by atoms with Gasteiger partial charge in [0.25, 0.3) is 11.8 Å². The van der Waals surface area contributed by atoms with E-state index in [0.717, 1.165) is 42.8 Å². The Bertz CT molecular complexity index is 1710. The lowest BCUT2D eigenvalue weighted by molar-refractivity contribution is -0.122. The second kappa shape index (κ2) is 13.5. The number of β-amino-alcohol motifs (C(OH)–C–C–N with tert-alkyl or cyclic N) is 1. The molecule has 1 saturated heterocycles. The molecule has 11 heteroatoms. The van der Waals surface area contributed by atoms with Crippen LogP contribution in [0.2, 0.25) is 5.02 Å². The highest BCUT2D eigenvalue weighted by molar-refractivity contribution is 7.99. The number of anilines is 1. The zero-order valence-electron chi connectivity index (χ0n) is 29.4. The Hall–Kier alpha value is -2.40. The Morgan fingerprint density at radius 3 is 2.58 bits per heavy atom. The minimum Gasteiger partial charge on any atom is -0.490 e. The van der Waals surface area contributed by atoms with Gasteiger partial charge in [0, 0.05) is 66.8 Å². The van der Waals surface area contributed by atoms with E-state index in [4.69, 9.17) is 16.3 Å². The van der Waals surface area contributed by atoms with Crippen molar-refractivity contribution in [2.45, 2.75) is 100 Å². The number of nitrogens with one attached hydrogen (secondary N) is 1. The number of benzene rings is 2. The number of carbonyl (C=O) groups excluding carboxylic acids is 1. The number of amides is 1. The quantitative estimate of drug-likeness (QED) is 0.329. The molecular formula is C39H52ClF2N3O4S. The molecule has 1 amide bonds. The van der Waals surface area contributed by atoms with Crippen LogP contribution in [0.25, 0.3) is 0 Å². The second-order valence-electron chi connectivity index (χ2n) is 16.2. The van der Waals surface area contributed by atoms with Crippen molar-refractivity contribution in [3.63, 3.8) is 0 Å². The number of rotatable bonds is 2. The third kappa shape index (κ3) is 7.03. The molecule has 50 heavy (non-hydrogen) atoms. The first-order chi connectivity index (χ1) is 23.7. The summed E-state index contributed by atoms with van der Waals surface area (Å²) in [6.07, 6.45) is 6.29. The molecule has 1 saturated carbocycles. The van der Waals surface area contributed by atoms with E-state index in [9.17, 15) is 22.9 Å². The van der Waals surface area contributed by atoms with E-state index in [1.807, 2.05) is 36.9 Å². The van der Waals surface area contributed by atoms with Crippen molar-refractivity contribution in [1.82, 2.24) is 9.62 Å². The van der Waals surface area contributed by atoms with Crippen LogP contribution in [0.5, 0.6) is 5.75 Å². The molecule has 2 aliphatic carbocycles. The van der Waals surface area contributed by atoms with Crippen molar-refractivity contribution in [3.8, 4) is 5.75 Å². The summed E-state index contributed by atoms with van der Waals surface area (Å²) in [4.78, 5) is 18.1. The number of aliphatic hydroxyl groups is 1. The van der Waals surface area contributed by atoms with Gasteiger partial charge in [-0.15, -0.1) is 0 Å². The number of halogens is 3. The second-order valence-corrected chi connectivity index (χ2v) is 19.0. The first-order valence-corrected chi connectivity index (χ1v) is 20.7. The van der Waals surface area contributed by atoms with Gasteiger partial charge in [-0.2, -0.15) is 0 Å². The van der Waals surface area contributed by atoms with Gasteiger partial charge in [-0.05, 0) is 117 Å². The largest absolute Gasteiger partial charge is 0.490 e. The monoisotopic (exact) mass is 731 g/mol. The average Bonchev–Trinajstić information content (AvgIpc) is 3.19. The van der Waals surface area contributed by atoms with E-state index < -0.39 is 32.4 Å². The molecule has 0 radical (unpaired) electrons. The Morgan fingerprint density at radius 2 is 1.84 bits per heavy atom. The summed E-state index contributed by atoms with van der Waals surface area (Å²) in [5.41, 5.74) is 2.35. The smallest absolute Gasteiger partial charge is 0.262 e. The predicted octanol–water partition coefficient (Wildman–Crippen LogP) is 6.87. The van der Waals surface area contributed by atoms with Gasteiger partial charge in [0.1, 0.15) is 5.75 Å². The number of ether oxygens (including phenoxy) is 1. The maximum atomic E-state index is 14.1. The van der Waals surface area contributed by atoms with Gasteiger partial charge in [0.15, 0.2) is 0 Å². The van der Waals surface area contributed by atoms with Crippen molar-refractivity contribution in [3.05, 3.63) is 58.1 Å². The maximum absolute atomic E-state index is 14.1. The molecule has 2 N–H and O–H groups in total. The van der Waals surface area contributed by atoms with E-state index in [-0.39, 0.29) is 49.1 Å². The van der Waals surface area contributed by atoms with Gasteiger partial charge in [0.2, 0.25) is 0 Å². The van der Waals surface area contributed by atoms with Crippen molar-refractivity contribution < 1.29 is 27.6 Å². The molecule has 3 aliphatic heterocycles. The Balaban J connectivity index is 1.27. The molecule has 2 fully saturated rings. The van der Waals surface area contributed by atoms with Crippen LogP contribution in [0.1, 0.15) is 93.1 Å². The highest BCUT2D eigenvalue weighted by Gasteiger charge is 2.50. The molecule has 2 aromatic rings.